The number of sulfonamides is 1. The van der Waals surface area contributed by atoms with Crippen LogP contribution in [-0.4, -0.2) is 49.8 Å². The third kappa shape index (κ3) is 6.12. The van der Waals surface area contributed by atoms with E-state index in [0.29, 0.717) is 24.4 Å². The standard InChI is InChI=1S/C21H23N3O6S/c25-21(12-5-17-3-6-18(7-4-17)24(26)27)22-13-16-30-19-8-10-20(11-9-19)31(28,29)23-14-1-2-15-23/h3-12H,1-2,13-16H2,(H,22,25)/b12-5+. The maximum Gasteiger partial charge on any atom is 0.269 e. The first kappa shape index (κ1) is 22.4. The van der Waals surface area contributed by atoms with Crippen LogP contribution in [0.1, 0.15) is 18.4 Å². The second-order valence-electron chi connectivity index (χ2n) is 6.90. The molecule has 1 fully saturated rings. The van der Waals surface area contributed by atoms with E-state index in [1.54, 1.807) is 30.3 Å². The highest BCUT2D eigenvalue weighted by molar-refractivity contribution is 7.89. The van der Waals surface area contributed by atoms with Crippen LogP contribution in [0.25, 0.3) is 6.08 Å². The van der Waals surface area contributed by atoms with Crippen molar-refractivity contribution in [3.8, 4) is 5.75 Å². The van der Waals surface area contributed by atoms with Crippen molar-refractivity contribution in [2.45, 2.75) is 17.7 Å². The Kier molecular flexibility index (Phi) is 7.37. The van der Waals surface area contributed by atoms with Crippen molar-refractivity contribution in [2.75, 3.05) is 26.2 Å². The van der Waals surface area contributed by atoms with Gasteiger partial charge in [0.2, 0.25) is 15.9 Å². The maximum atomic E-state index is 12.5. The van der Waals surface area contributed by atoms with Crippen LogP contribution in [0.15, 0.2) is 59.5 Å². The van der Waals surface area contributed by atoms with E-state index in [1.807, 2.05) is 0 Å². The fourth-order valence-electron chi connectivity index (χ4n) is 3.07. The average molecular weight is 445 g/mol. The van der Waals surface area contributed by atoms with Crippen molar-refractivity contribution < 1.29 is 22.9 Å². The van der Waals surface area contributed by atoms with Gasteiger partial charge in [-0.25, -0.2) is 8.42 Å². The topological polar surface area (TPSA) is 119 Å². The lowest BCUT2D eigenvalue weighted by molar-refractivity contribution is -0.384. The lowest BCUT2D eigenvalue weighted by Crippen LogP contribution is -2.27. The first-order valence-electron chi connectivity index (χ1n) is 9.80. The number of nitro groups is 1. The molecule has 0 aliphatic carbocycles. The van der Waals surface area contributed by atoms with E-state index in [2.05, 4.69) is 5.32 Å². The molecule has 164 valence electrons. The molecule has 1 amide bonds. The molecule has 1 heterocycles. The van der Waals surface area contributed by atoms with E-state index in [-0.39, 0.29) is 29.6 Å². The van der Waals surface area contributed by atoms with Gasteiger partial charge in [-0.1, -0.05) is 0 Å². The van der Waals surface area contributed by atoms with Crippen LogP contribution in [0, 0.1) is 10.1 Å². The molecule has 1 N–H and O–H groups in total. The molecule has 0 spiro atoms. The number of carbonyl (C=O) groups excluding carboxylic acids is 1. The molecule has 0 saturated carbocycles. The van der Waals surface area contributed by atoms with Crippen molar-refractivity contribution in [1.82, 2.24) is 9.62 Å². The number of amides is 1. The second kappa shape index (κ2) is 10.2. The van der Waals surface area contributed by atoms with Gasteiger partial charge in [0.05, 0.1) is 16.4 Å². The van der Waals surface area contributed by atoms with Crippen LogP contribution in [0.4, 0.5) is 5.69 Å². The summed E-state index contributed by atoms with van der Waals surface area (Å²) >= 11 is 0. The quantitative estimate of drug-likeness (QED) is 0.274. The maximum absolute atomic E-state index is 12.5. The van der Waals surface area contributed by atoms with Gasteiger partial charge < -0.3 is 10.1 Å². The molecule has 0 unspecified atom stereocenters. The molecule has 1 aliphatic rings. The summed E-state index contributed by atoms with van der Waals surface area (Å²) in [4.78, 5) is 22.2. The van der Waals surface area contributed by atoms with Gasteiger partial charge in [-0.3, -0.25) is 14.9 Å². The fraction of sp³-hybridized carbons (Fsp3) is 0.286. The fourth-order valence-corrected chi connectivity index (χ4v) is 4.58. The Morgan fingerprint density at radius 1 is 1.10 bits per heavy atom. The van der Waals surface area contributed by atoms with Gasteiger partial charge in [0.1, 0.15) is 12.4 Å². The van der Waals surface area contributed by atoms with Gasteiger partial charge in [-0.15, -0.1) is 0 Å². The number of hydrogen-bond donors (Lipinski definition) is 1. The predicted octanol–water partition coefficient (Wildman–Crippen LogP) is 2.59. The van der Waals surface area contributed by atoms with Crippen molar-refractivity contribution in [3.63, 3.8) is 0 Å². The third-order valence-corrected chi connectivity index (χ3v) is 6.64. The smallest absolute Gasteiger partial charge is 0.269 e. The molecule has 3 rings (SSSR count). The highest BCUT2D eigenvalue weighted by atomic mass is 32.2. The van der Waals surface area contributed by atoms with E-state index < -0.39 is 14.9 Å². The predicted molar refractivity (Wildman–Crippen MR) is 115 cm³/mol. The van der Waals surface area contributed by atoms with Crippen LogP contribution in [0.2, 0.25) is 0 Å². The van der Waals surface area contributed by atoms with E-state index in [1.165, 1.54) is 34.6 Å². The lowest BCUT2D eigenvalue weighted by Gasteiger charge is -2.15. The number of carbonyl (C=O) groups is 1. The summed E-state index contributed by atoms with van der Waals surface area (Å²) in [5.41, 5.74) is 0.654. The summed E-state index contributed by atoms with van der Waals surface area (Å²) in [7, 11) is -3.45. The van der Waals surface area contributed by atoms with Crippen LogP contribution in [0.3, 0.4) is 0 Å². The van der Waals surface area contributed by atoms with Crippen LogP contribution in [-0.2, 0) is 14.8 Å². The molecule has 1 saturated heterocycles. The van der Waals surface area contributed by atoms with Gasteiger partial charge in [0, 0.05) is 31.3 Å². The number of benzene rings is 2. The molecule has 1 aliphatic heterocycles. The van der Waals surface area contributed by atoms with E-state index in [9.17, 15) is 23.3 Å². The zero-order valence-corrected chi connectivity index (χ0v) is 17.6. The van der Waals surface area contributed by atoms with Gasteiger partial charge in [0.25, 0.3) is 5.69 Å². The zero-order valence-electron chi connectivity index (χ0n) is 16.8. The van der Waals surface area contributed by atoms with Crippen molar-refractivity contribution in [3.05, 3.63) is 70.3 Å². The Morgan fingerprint density at radius 3 is 2.35 bits per heavy atom. The summed E-state index contributed by atoms with van der Waals surface area (Å²) in [5.74, 6) is 0.185. The molecule has 2 aromatic carbocycles. The Labute approximate surface area is 180 Å². The molecule has 0 radical (unpaired) electrons. The number of nitrogens with one attached hydrogen (secondary N) is 1. The number of ether oxygens (including phenoxy) is 1. The monoisotopic (exact) mass is 445 g/mol. The summed E-state index contributed by atoms with van der Waals surface area (Å²) in [6, 6.07) is 12.1. The minimum atomic E-state index is -3.45. The molecule has 2 aromatic rings. The second-order valence-corrected chi connectivity index (χ2v) is 8.84. The molecule has 31 heavy (non-hydrogen) atoms. The normalized spacial score (nSPS) is 14.6. The van der Waals surface area contributed by atoms with Crippen molar-refractivity contribution in [2.24, 2.45) is 0 Å². The number of nitrogens with zero attached hydrogens (tertiary/aromatic N) is 2. The SMILES string of the molecule is O=C(/C=C/c1ccc([N+](=O)[O-])cc1)NCCOc1ccc(S(=O)(=O)N2CCCC2)cc1. The van der Waals surface area contributed by atoms with Gasteiger partial charge in [-0.2, -0.15) is 4.31 Å². The molecule has 0 atom stereocenters. The minimum Gasteiger partial charge on any atom is -0.492 e. The van der Waals surface area contributed by atoms with Crippen LogP contribution in [0.5, 0.6) is 5.75 Å². The number of hydrogen-bond acceptors (Lipinski definition) is 6. The Balaban J connectivity index is 1.42. The summed E-state index contributed by atoms with van der Waals surface area (Å²) in [6.07, 6.45) is 4.66. The average Bonchev–Trinajstić information content (AvgIpc) is 3.32. The minimum absolute atomic E-state index is 0.0135. The molecule has 10 heteroatoms. The van der Waals surface area contributed by atoms with E-state index in [0.717, 1.165) is 12.8 Å². The molecular formula is C21H23N3O6S. The highest BCUT2D eigenvalue weighted by Crippen LogP contribution is 2.22. The summed E-state index contributed by atoms with van der Waals surface area (Å²) in [5, 5.41) is 13.3. The first-order chi connectivity index (χ1) is 14.9. The summed E-state index contributed by atoms with van der Waals surface area (Å²) in [6.45, 7) is 1.59. The molecule has 0 bridgehead atoms. The zero-order chi connectivity index (χ0) is 22.3. The van der Waals surface area contributed by atoms with Gasteiger partial charge in [0.15, 0.2) is 0 Å². The largest absolute Gasteiger partial charge is 0.492 e. The van der Waals surface area contributed by atoms with Crippen LogP contribution >= 0.6 is 0 Å². The van der Waals surface area contributed by atoms with Crippen molar-refractivity contribution in [1.29, 1.82) is 0 Å². The Bertz CT molecular complexity index is 1040. The number of non-ortho nitro benzene ring substituents is 1. The molecular weight excluding hydrogens is 422 g/mol. The highest BCUT2D eigenvalue weighted by Gasteiger charge is 2.26. The number of nitro benzene ring substituents is 1. The van der Waals surface area contributed by atoms with Gasteiger partial charge in [-0.05, 0) is 60.9 Å². The van der Waals surface area contributed by atoms with E-state index >= 15 is 0 Å². The van der Waals surface area contributed by atoms with E-state index in [4.69, 9.17) is 4.74 Å². The Morgan fingerprint density at radius 2 is 1.74 bits per heavy atom. The number of rotatable bonds is 9. The molecule has 0 aromatic heterocycles. The third-order valence-electron chi connectivity index (χ3n) is 4.73. The van der Waals surface area contributed by atoms with Crippen LogP contribution < -0.4 is 10.1 Å². The van der Waals surface area contributed by atoms with Crippen molar-refractivity contribution >= 4 is 27.7 Å². The Hall–Kier alpha value is -3.24. The van der Waals surface area contributed by atoms with Gasteiger partial charge >= 0.3 is 0 Å². The summed E-state index contributed by atoms with van der Waals surface area (Å²) < 4.78 is 32.0. The lowest BCUT2D eigenvalue weighted by atomic mass is 10.2. The molecule has 9 nitrogen and oxygen atoms in total. The first-order valence-corrected chi connectivity index (χ1v) is 11.2.